The molecule has 0 radical (unpaired) electrons. The fraction of sp³-hybridized carbons (Fsp3) is 0.133. The van der Waals surface area contributed by atoms with Crippen LogP contribution in [0.5, 0.6) is 5.75 Å². The summed E-state index contributed by atoms with van der Waals surface area (Å²) in [5.41, 5.74) is 6.93. The Morgan fingerprint density at radius 3 is 2.42 bits per heavy atom. The molecule has 38 heavy (non-hydrogen) atoms. The summed E-state index contributed by atoms with van der Waals surface area (Å²) in [6.07, 6.45) is 1.92. The zero-order valence-electron chi connectivity index (χ0n) is 21.1. The summed E-state index contributed by atoms with van der Waals surface area (Å²) in [6.45, 7) is 6.48. The highest BCUT2D eigenvalue weighted by atomic mass is 35.5. The second kappa shape index (κ2) is 11.1. The highest BCUT2D eigenvalue weighted by molar-refractivity contribution is 8.18. The first kappa shape index (κ1) is 26.2. The lowest BCUT2D eigenvalue weighted by Crippen LogP contribution is -2.19. The number of hydrogen-bond acceptors (Lipinski definition) is 4. The number of nitrogens with one attached hydrogen (secondary N) is 1. The molecule has 2 heterocycles. The zero-order valence-corrected chi connectivity index (χ0v) is 23.4. The standard InChI is InChI=1S/C30H25Cl2N3O2S/c1-18-4-8-24(9-5-18)33-30-34-29(36)28(38-30)15-22-14-19(2)35(20(22)3)25-10-12-26(13-11-25)37-17-21-6-7-23(31)16-27(21)32/h4-16H,17H2,1-3H3,(H,33,34,36)/b28-15+. The zero-order chi connectivity index (χ0) is 26.8. The molecular weight excluding hydrogens is 537 g/mol. The Morgan fingerprint density at radius 1 is 0.974 bits per heavy atom. The number of aromatic nitrogens is 1. The van der Waals surface area contributed by atoms with Gasteiger partial charge in [0.2, 0.25) is 0 Å². The summed E-state index contributed by atoms with van der Waals surface area (Å²) >= 11 is 13.6. The molecule has 5 nitrogen and oxygen atoms in total. The number of aryl methyl sites for hydroxylation is 2. The number of carbonyl (C=O) groups excluding carboxylic acids is 1. The third-order valence-corrected chi connectivity index (χ3v) is 7.67. The number of carbonyl (C=O) groups is 1. The van der Waals surface area contributed by atoms with Gasteiger partial charge in [0.05, 0.1) is 10.6 Å². The molecule has 5 rings (SSSR count). The van der Waals surface area contributed by atoms with Crippen molar-refractivity contribution < 1.29 is 9.53 Å². The smallest absolute Gasteiger partial charge is 0.264 e. The van der Waals surface area contributed by atoms with Crippen LogP contribution < -0.4 is 10.1 Å². The Labute approximate surface area is 236 Å². The molecule has 1 amide bonds. The number of amidine groups is 1. The lowest BCUT2D eigenvalue weighted by Gasteiger charge is -2.12. The number of ether oxygens (including phenoxy) is 1. The first-order chi connectivity index (χ1) is 18.3. The van der Waals surface area contributed by atoms with Gasteiger partial charge in [0.25, 0.3) is 5.91 Å². The largest absolute Gasteiger partial charge is 0.489 e. The van der Waals surface area contributed by atoms with E-state index < -0.39 is 0 Å². The van der Waals surface area contributed by atoms with E-state index in [0.717, 1.165) is 45.2 Å². The second-order valence-corrected chi connectivity index (χ2v) is 10.9. The van der Waals surface area contributed by atoms with Gasteiger partial charge in [-0.15, -0.1) is 0 Å². The fourth-order valence-electron chi connectivity index (χ4n) is 4.18. The number of benzene rings is 3. The maximum absolute atomic E-state index is 12.6. The number of thioether (sulfide) groups is 1. The van der Waals surface area contributed by atoms with Crippen LogP contribution in [-0.2, 0) is 11.4 Å². The molecule has 0 spiro atoms. The Balaban J connectivity index is 1.31. The fourth-order valence-corrected chi connectivity index (χ4v) is 5.48. The number of rotatable bonds is 6. The maximum atomic E-state index is 12.6. The second-order valence-electron chi connectivity index (χ2n) is 9.00. The first-order valence-electron chi connectivity index (χ1n) is 12.0. The molecule has 0 atom stereocenters. The predicted molar refractivity (Wildman–Crippen MR) is 158 cm³/mol. The van der Waals surface area contributed by atoms with Gasteiger partial charge in [0.15, 0.2) is 5.17 Å². The van der Waals surface area contributed by atoms with Crippen molar-refractivity contribution in [3.63, 3.8) is 0 Å². The van der Waals surface area contributed by atoms with Crippen molar-refractivity contribution in [2.24, 2.45) is 4.99 Å². The summed E-state index contributed by atoms with van der Waals surface area (Å²) in [5, 5.41) is 4.62. The van der Waals surface area contributed by atoms with Gasteiger partial charge in [-0.25, -0.2) is 4.99 Å². The first-order valence-corrected chi connectivity index (χ1v) is 13.6. The summed E-state index contributed by atoms with van der Waals surface area (Å²) < 4.78 is 8.08. The van der Waals surface area contributed by atoms with E-state index in [1.165, 1.54) is 11.8 Å². The molecule has 0 aliphatic carbocycles. The minimum Gasteiger partial charge on any atom is -0.489 e. The van der Waals surface area contributed by atoms with Gasteiger partial charge in [-0.3, -0.25) is 4.79 Å². The molecule has 1 N–H and O–H groups in total. The van der Waals surface area contributed by atoms with Crippen molar-refractivity contribution in [2.75, 3.05) is 0 Å². The van der Waals surface area contributed by atoms with E-state index in [-0.39, 0.29) is 5.91 Å². The average Bonchev–Trinajstić information content (AvgIpc) is 3.37. The molecule has 1 aromatic heterocycles. The van der Waals surface area contributed by atoms with Crippen LogP contribution in [0.3, 0.4) is 0 Å². The highest BCUT2D eigenvalue weighted by Crippen LogP contribution is 2.31. The summed E-state index contributed by atoms with van der Waals surface area (Å²) in [6, 6.07) is 23.2. The molecule has 8 heteroatoms. The number of hydrogen-bond donors (Lipinski definition) is 1. The monoisotopic (exact) mass is 561 g/mol. The van der Waals surface area contributed by atoms with Gasteiger partial charge < -0.3 is 14.6 Å². The van der Waals surface area contributed by atoms with Gasteiger partial charge >= 0.3 is 0 Å². The lowest BCUT2D eigenvalue weighted by molar-refractivity contribution is -0.115. The minimum absolute atomic E-state index is 0.145. The Bertz CT molecular complexity index is 1570. The Morgan fingerprint density at radius 2 is 1.71 bits per heavy atom. The third kappa shape index (κ3) is 5.83. The summed E-state index contributed by atoms with van der Waals surface area (Å²) in [7, 11) is 0. The van der Waals surface area contributed by atoms with Gasteiger partial charge in [0.1, 0.15) is 12.4 Å². The Hall–Kier alpha value is -3.45. The van der Waals surface area contributed by atoms with E-state index in [1.54, 1.807) is 12.1 Å². The normalized spacial score (nSPS) is 15.3. The van der Waals surface area contributed by atoms with Crippen LogP contribution in [0.1, 0.15) is 28.1 Å². The molecule has 1 aliphatic heterocycles. The molecule has 1 fully saturated rings. The van der Waals surface area contributed by atoms with Crippen LogP contribution in [0.25, 0.3) is 11.8 Å². The SMILES string of the molecule is Cc1ccc(N=C2NC(=O)/C(=C\c3cc(C)n(-c4ccc(OCc5ccc(Cl)cc5Cl)cc4)c3C)S2)cc1. The molecule has 4 aromatic rings. The van der Waals surface area contributed by atoms with Crippen molar-refractivity contribution in [3.8, 4) is 11.4 Å². The molecule has 0 bridgehead atoms. The van der Waals surface area contributed by atoms with Crippen LogP contribution >= 0.6 is 35.0 Å². The van der Waals surface area contributed by atoms with Crippen LogP contribution in [0.4, 0.5) is 5.69 Å². The van der Waals surface area contributed by atoms with E-state index in [4.69, 9.17) is 27.9 Å². The molecule has 0 unspecified atom stereocenters. The quantitative estimate of drug-likeness (QED) is 0.241. The van der Waals surface area contributed by atoms with E-state index in [0.29, 0.717) is 26.7 Å². The molecule has 1 saturated heterocycles. The maximum Gasteiger partial charge on any atom is 0.264 e. The molecule has 0 saturated carbocycles. The van der Waals surface area contributed by atoms with E-state index in [9.17, 15) is 4.79 Å². The highest BCUT2D eigenvalue weighted by Gasteiger charge is 2.24. The topological polar surface area (TPSA) is 55.6 Å². The molecular formula is C30H25Cl2N3O2S. The predicted octanol–water partition coefficient (Wildman–Crippen LogP) is 8.18. The van der Waals surface area contributed by atoms with Gasteiger partial charge in [-0.2, -0.15) is 0 Å². The van der Waals surface area contributed by atoms with E-state index >= 15 is 0 Å². The average molecular weight is 563 g/mol. The third-order valence-electron chi connectivity index (χ3n) is 6.18. The number of nitrogens with zero attached hydrogens (tertiary/aromatic N) is 2. The van der Waals surface area contributed by atoms with Crippen molar-refractivity contribution in [3.05, 3.63) is 116 Å². The number of halogens is 2. The van der Waals surface area contributed by atoms with E-state index in [2.05, 4.69) is 20.9 Å². The Kier molecular flexibility index (Phi) is 7.65. The molecule has 3 aromatic carbocycles. The van der Waals surface area contributed by atoms with Gasteiger partial charge in [-0.1, -0.05) is 47.0 Å². The van der Waals surface area contributed by atoms with Gasteiger partial charge in [-0.05, 0) is 98.8 Å². The minimum atomic E-state index is -0.145. The molecule has 1 aliphatic rings. The van der Waals surface area contributed by atoms with Gasteiger partial charge in [0, 0.05) is 32.7 Å². The van der Waals surface area contributed by atoms with Crippen molar-refractivity contribution >= 4 is 57.8 Å². The van der Waals surface area contributed by atoms with Crippen LogP contribution in [0.15, 0.2) is 82.7 Å². The number of aliphatic imine (C=N–C) groups is 1. The van der Waals surface area contributed by atoms with Crippen molar-refractivity contribution in [1.29, 1.82) is 0 Å². The lowest BCUT2D eigenvalue weighted by atomic mass is 10.2. The summed E-state index contributed by atoms with van der Waals surface area (Å²) in [4.78, 5) is 17.8. The molecule has 192 valence electrons. The van der Waals surface area contributed by atoms with Crippen molar-refractivity contribution in [2.45, 2.75) is 27.4 Å². The van der Waals surface area contributed by atoms with Crippen LogP contribution in [0, 0.1) is 20.8 Å². The van der Waals surface area contributed by atoms with Crippen molar-refractivity contribution in [1.82, 2.24) is 9.88 Å². The van der Waals surface area contributed by atoms with E-state index in [1.807, 2.05) is 81.4 Å². The van der Waals surface area contributed by atoms with Crippen LogP contribution in [0.2, 0.25) is 10.0 Å². The number of amides is 1. The summed E-state index contributed by atoms with van der Waals surface area (Å²) in [5.74, 6) is 0.594. The van der Waals surface area contributed by atoms with Crippen LogP contribution in [-0.4, -0.2) is 15.6 Å².